The van der Waals surface area contributed by atoms with E-state index in [1.807, 2.05) is 0 Å². The van der Waals surface area contributed by atoms with Crippen molar-refractivity contribution in [1.29, 1.82) is 0 Å². The number of benzene rings is 2. The highest BCUT2D eigenvalue weighted by atomic mass is 35.5. The number of carbonyl (C=O) groups excluding carboxylic acids is 1. The van der Waals surface area contributed by atoms with E-state index in [9.17, 15) is 26.4 Å². The van der Waals surface area contributed by atoms with E-state index in [1.54, 1.807) is 6.92 Å². The summed E-state index contributed by atoms with van der Waals surface area (Å²) in [6, 6.07) is 10.4. The van der Waals surface area contributed by atoms with Crippen LogP contribution in [-0.4, -0.2) is 36.4 Å². The molecule has 2 heterocycles. The smallest absolute Gasteiger partial charge is 0.306 e. The minimum atomic E-state index is -4.57. The molecule has 0 spiro atoms. The zero-order valence-electron chi connectivity index (χ0n) is 17.2. The summed E-state index contributed by atoms with van der Waals surface area (Å²) in [5.41, 5.74) is 0.203. The first kappa shape index (κ1) is 23.1. The summed E-state index contributed by atoms with van der Waals surface area (Å²) >= 11 is 6.12. The Balaban J connectivity index is 1.61. The summed E-state index contributed by atoms with van der Waals surface area (Å²) in [5.74, 6) is -0.337. The van der Waals surface area contributed by atoms with Crippen LogP contribution in [0.2, 0.25) is 5.02 Å². The number of rotatable bonds is 4. The fraction of sp³-hybridized carbons (Fsp3) is 0.238. The van der Waals surface area contributed by atoms with Crippen molar-refractivity contribution >= 4 is 39.0 Å². The van der Waals surface area contributed by atoms with Gasteiger partial charge in [0.15, 0.2) is 0 Å². The molecule has 0 bridgehead atoms. The molecule has 1 fully saturated rings. The molecule has 1 N–H and O–H groups in total. The van der Waals surface area contributed by atoms with Crippen LogP contribution in [0.1, 0.15) is 28.0 Å². The van der Waals surface area contributed by atoms with Crippen LogP contribution in [0.15, 0.2) is 48.5 Å². The number of aryl methyl sites for hydroxylation is 1. The largest absolute Gasteiger partial charge is 0.416 e. The summed E-state index contributed by atoms with van der Waals surface area (Å²) < 4.78 is 66.0. The summed E-state index contributed by atoms with van der Waals surface area (Å²) in [6.45, 7) is 2.00. The van der Waals surface area contributed by atoms with Gasteiger partial charge in [-0.1, -0.05) is 11.6 Å². The third-order valence-electron chi connectivity index (χ3n) is 5.09. The predicted octanol–water partition coefficient (Wildman–Crippen LogP) is 4.65. The highest BCUT2D eigenvalue weighted by molar-refractivity contribution is 7.93. The van der Waals surface area contributed by atoms with Crippen molar-refractivity contribution in [2.75, 3.05) is 21.9 Å². The fourth-order valence-corrected chi connectivity index (χ4v) is 5.28. The summed E-state index contributed by atoms with van der Waals surface area (Å²) in [6.07, 6.45) is -4.04. The number of carbonyl (C=O) groups is 1. The monoisotopic (exact) mass is 498 g/mol. The molecule has 174 valence electrons. The Morgan fingerprint density at radius 2 is 1.82 bits per heavy atom. The molecule has 0 aliphatic carbocycles. The van der Waals surface area contributed by atoms with E-state index in [0.29, 0.717) is 24.3 Å². The fourth-order valence-electron chi connectivity index (χ4n) is 3.52. The highest BCUT2D eigenvalue weighted by Gasteiger charge is 2.32. The van der Waals surface area contributed by atoms with Crippen LogP contribution in [0.5, 0.6) is 0 Å². The number of hydrogen-bond donors (Lipinski definition) is 1. The number of amides is 1. The van der Waals surface area contributed by atoms with Gasteiger partial charge in [0.1, 0.15) is 5.82 Å². The standard InChI is InChI=1S/C21H18ClF3N4O3S/c1-13-11-19(29(27-13)18-12-15(21(23,24)25)5-8-17(18)22)26-20(30)14-3-6-16(7-4-14)28-9-2-10-33(28,31)32/h3-8,11-12H,2,9-10H2,1H3,(H,26,30). The Morgan fingerprint density at radius 1 is 1.12 bits per heavy atom. The van der Waals surface area contributed by atoms with E-state index in [4.69, 9.17) is 11.6 Å². The van der Waals surface area contributed by atoms with Gasteiger partial charge in [0.05, 0.1) is 33.4 Å². The first-order valence-electron chi connectivity index (χ1n) is 9.81. The van der Waals surface area contributed by atoms with Gasteiger partial charge in [-0.3, -0.25) is 9.10 Å². The Kier molecular flexibility index (Phi) is 5.87. The molecule has 33 heavy (non-hydrogen) atoms. The Hall–Kier alpha value is -3.05. The lowest BCUT2D eigenvalue weighted by molar-refractivity contribution is -0.137. The molecule has 0 unspecified atom stereocenters. The average Bonchev–Trinajstić information content (AvgIpc) is 3.28. The first-order chi connectivity index (χ1) is 15.5. The van der Waals surface area contributed by atoms with Crippen molar-refractivity contribution in [2.45, 2.75) is 19.5 Å². The molecule has 7 nitrogen and oxygen atoms in total. The Morgan fingerprint density at radius 3 is 2.42 bits per heavy atom. The zero-order valence-corrected chi connectivity index (χ0v) is 18.8. The maximum atomic E-state index is 13.2. The van der Waals surface area contributed by atoms with Crippen molar-refractivity contribution in [3.05, 3.63) is 70.4 Å². The van der Waals surface area contributed by atoms with Gasteiger partial charge >= 0.3 is 6.18 Å². The van der Waals surface area contributed by atoms with Crippen molar-refractivity contribution in [3.63, 3.8) is 0 Å². The van der Waals surface area contributed by atoms with Crippen molar-refractivity contribution < 1.29 is 26.4 Å². The molecule has 12 heteroatoms. The molecule has 0 radical (unpaired) electrons. The zero-order chi connectivity index (χ0) is 24.0. The number of sulfonamides is 1. The van der Waals surface area contributed by atoms with E-state index in [0.717, 1.165) is 22.9 Å². The summed E-state index contributed by atoms with van der Waals surface area (Å²) in [5, 5.41) is 6.82. The topological polar surface area (TPSA) is 84.3 Å². The molecule has 1 aliphatic heterocycles. The van der Waals surface area contributed by atoms with Gasteiger partial charge in [0.2, 0.25) is 10.0 Å². The number of anilines is 2. The van der Waals surface area contributed by atoms with Gasteiger partial charge < -0.3 is 5.32 Å². The molecule has 1 saturated heterocycles. The third kappa shape index (κ3) is 4.69. The van der Waals surface area contributed by atoms with E-state index in [2.05, 4.69) is 10.4 Å². The van der Waals surface area contributed by atoms with Crippen LogP contribution >= 0.6 is 11.6 Å². The molecule has 4 rings (SSSR count). The van der Waals surface area contributed by atoms with Crippen LogP contribution < -0.4 is 9.62 Å². The van der Waals surface area contributed by atoms with Crippen LogP contribution in [-0.2, 0) is 16.2 Å². The van der Waals surface area contributed by atoms with Gasteiger partial charge in [-0.2, -0.15) is 18.3 Å². The summed E-state index contributed by atoms with van der Waals surface area (Å²) in [4.78, 5) is 12.8. The van der Waals surface area contributed by atoms with Crippen LogP contribution in [0.25, 0.3) is 5.69 Å². The second-order valence-corrected chi connectivity index (χ2v) is 9.91. The number of nitrogens with one attached hydrogen (secondary N) is 1. The average molecular weight is 499 g/mol. The maximum absolute atomic E-state index is 13.2. The molecule has 0 saturated carbocycles. The number of aromatic nitrogens is 2. The predicted molar refractivity (Wildman–Crippen MR) is 118 cm³/mol. The quantitative estimate of drug-likeness (QED) is 0.567. The Bertz CT molecular complexity index is 1320. The molecular weight excluding hydrogens is 481 g/mol. The lowest BCUT2D eigenvalue weighted by Gasteiger charge is -2.17. The van der Waals surface area contributed by atoms with Crippen molar-refractivity contribution in [3.8, 4) is 5.69 Å². The second kappa shape index (κ2) is 8.38. The minimum absolute atomic E-state index is 0.0257. The van der Waals surface area contributed by atoms with Crippen LogP contribution in [0, 0.1) is 6.92 Å². The normalized spacial score (nSPS) is 15.6. The second-order valence-electron chi connectivity index (χ2n) is 7.49. The highest BCUT2D eigenvalue weighted by Crippen LogP contribution is 2.34. The van der Waals surface area contributed by atoms with E-state index < -0.39 is 27.7 Å². The van der Waals surface area contributed by atoms with E-state index >= 15 is 0 Å². The van der Waals surface area contributed by atoms with Gasteiger partial charge in [0.25, 0.3) is 5.91 Å². The number of halogens is 4. The third-order valence-corrected chi connectivity index (χ3v) is 7.28. The number of hydrogen-bond acceptors (Lipinski definition) is 4. The number of nitrogens with zero attached hydrogens (tertiary/aromatic N) is 3. The molecule has 1 aliphatic rings. The van der Waals surface area contributed by atoms with Gasteiger partial charge in [-0.15, -0.1) is 0 Å². The van der Waals surface area contributed by atoms with Crippen LogP contribution in [0.4, 0.5) is 24.7 Å². The minimum Gasteiger partial charge on any atom is -0.306 e. The van der Waals surface area contributed by atoms with Crippen molar-refractivity contribution in [1.82, 2.24) is 9.78 Å². The molecule has 1 aromatic heterocycles. The summed E-state index contributed by atoms with van der Waals surface area (Å²) in [7, 11) is -3.34. The van der Waals surface area contributed by atoms with Crippen LogP contribution in [0.3, 0.4) is 0 Å². The maximum Gasteiger partial charge on any atom is 0.416 e. The van der Waals surface area contributed by atoms with Gasteiger partial charge in [0, 0.05) is 18.2 Å². The van der Waals surface area contributed by atoms with E-state index in [-0.39, 0.29) is 27.8 Å². The lowest BCUT2D eigenvalue weighted by atomic mass is 10.2. The van der Waals surface area contributed by atoms with Crippen molar-refractivity contribution in [2.24, 2.45) is 0 Å². The van der Waals surface area contributed by atoms with Gasteiger partial charge in [-0.25, -0.2) is 13.1 Å². The van der Waals surface area contributed by atoms with Gasteiger partial charge in [-0.05, 0) is 55.8 Å². The first-order valence-corrected chi connectivity index (χ1v) is 11.8. The van der Waals surface area contributed by atoms with E-state index in [1.165, 1.54) is 34.6 Å². The molecule has 1 amide bonds. The Labute approximate surface area is 192 Å². The SMILES string of the molecule is Cc1cc(NC(=O)c2ccc(N3CCCS3(=O)=O)cc2)n(-c2cc(C(F)(F)F)ccc2Cl)n1. The lowest BCUT2D eigenvalue weighted by Crippen LogP contribution is -2.25. The molecule has 0 atom stereocenters. The molecule has 3 aromatic rings. The molecular formula is C21H18ClF3N4O3S. The molecule has 2 aromatic carbocycles. The number of alkyl halides is 3.